The summed E-state index contributed by atoms with van der Waals surface area (Å²) in [5.41, 5.74) is -0.168. The molecular weight excluding hydrogens is 297 g/mol. The largest absolute Gasteiger partial charge is 0.475 e. The first-order chi connectivity index (χ1) is 6.75. The monoisotopic (exact) mass is 309 g/mol. The fraction of sp³-hybridized carbons (Fsp3) is 0.500. The van der Waals surface area contributed by atoms with Crippen LogP contribution in [0, 0.1) is 3.57 Å². The van der Waals surface area contributed by atoms with Crippen molar-refractivity contribution < 1.29 is 4.74 Å². The van der Waals surface area contributed by atoms with E-state index in [2.05, 4.69) is 15.3 Å². The number of H-pyrrole nitrogens is 1. The van der Waals surface area contributed by atoms with Crippen LogP contribution in [-0.2, 0) is 0 Å². The second-order valence-electron chi connectivity index (χ2n) is 2.55. The molecule has 2 N–H and O–H groups in total. The highest BCUT2D eigenvalue weighted by Crippen LogP contribution is 2.10. The third kappa shape index (κ3) is 3.26. The van der Waals surface area contributed by atoms with Crippen LogP contribution in [0.15, 0.2) is 11.1 Å². The predicted molar refractivity (Wildman–Crippen MR) is 61.6 cm³/mol. The number of nitrogens with zero attached hydrogens (tertiary/aromatic N) is 1. The maximum atomic E-state index is 11.1. The average molecular weight is 309 g/mol. The van der Waals surface area contributed by atoms with Gasteiger partial charge in [-0.2, -0.15) is 0 Å². The van der Waals surface area contributed by atoms with Crippen molar-refractivity contribution in [3.05, 3.63) is 20.3 Å². The van der Waals surface area contributed by atoms with Crippen LogP contribution in [0.2, 0.25) is 0 Å². The van der Waals surface area contributed by atoms with Gasteiger partial charge in [0.15, 0.2) is 0 Å². The number of aromatic amines is 1. The van der Waals surface area contributed by atoms with Gasteiger partial charge in [-0.05, 0) is 29.1 Å². The lowest BCUT2D eigenvalue weighted by Gasteiger charge is -2.05. The summed E-state index contributed by atoms with van der Waals surface area (Å²) in [5, 5.41) is 3.11. The van der Waals surface area contributed by atoms with Crippen LogP contribution in [0.5, 0.6) is 5.88 Å². The van der Waals surface area contributed by atoms with E-state index in [0.717, 1.165) is 13.1 Å². The Morgan fingerprint density at radius 1 is 1.71 bits per heavy atom. The van der Waals surface area contributed by atoms with E-state index in [1.807, 2.05) is 29.5 Å². The zero-order chi connectivity index (χ0) is 10.4. The molecule has 0 aromatic carbocycles. The van der Waals surface area contributed by atoms with Gasteiger partial charge in [-0.15, -0.1) is 0 Å². The van der Waals surface area contributed by atoms with Crippen molar-refractivity contribution >= 4 is 22.6 Å². The summed E-state index contributed by atoms with van der Waals surface area (Å²) in [6, 6.07) is 0. The number of hydrogen-bond acceptors (Lipinski definition) is 4. The van der Waals surface area contributed by atoms with E-state index in [1.54, 1.807) is 0 Å². The van der Waals surface area contributed by atoms with Crippen LogP contribution in [0.1, 0.15) is 6.92 Å². The lowest BCUT2D eigenvalue weighted by Crippen LogP contribution is -2.22. The van der Waals surface area contributed by atoms with Crippen molar-refractivity contribution in [3.63, 3.8) is 0 Å². The molecule has 14 heavy (non-hydrogen) atoms. The van der Waals surface area contributed by atoms with Gasteiger partial charge in [0.05, 0.1) is 6.33 Å². The Bertz CT molecular complexity index is 340. The van der Waals surface area contributed by atoms with Crippen molar-refractivity contribution in [2.75, 3.05) is 19.7 Å². The van der Waals surface area contributed by atoms with Gasteiger partial charge < -0.3 is 15.0 Å². The van der Waals surface area contributed by atoms with Gasteiger partial charge in [0.2, 0.25) is 5.88 Å². The Balaban J connectivity index is 2.51. The highest BCUT2D eigenvalue weighted by atomic mass is 127. The minimum Gasteiger partial charge on any atom is -0.475 e. The van der Waals surface area contributed by atoms with Gasteiger partial charge in [-0.1, -0.05) is 6.92 Å². The zero-order valence-corrected chi connectivity index (χ0v) is 10.00. The van der Waals surface area contributed by atoms with E-state index in [4.69, 9.17) is 4.74 Å². The lowest BCUT2D eigenvalue weighted by atomic mass is 10.6. The van der Waals surface area contributed by atoms with E-state index in [0.29, 0.717) is 16.1 Å². The van der Waals surface area contributed by atoms with Crippen LogP contribution in [0.4, 0.5) is 0 Å². The summed E-state index contributed by atoms with van der Waals surface area (Å²) in [5.74, 6) is 0.396. The molecule has 1 rings (SSSR count). The van der Waals surface area contributed by atoms with Gasteiger partial charge in [0, 0.05) is 6.54 Å². The maximum absolute atomic E-state index is 11.1. The molecule has 6 heteroatoms. The van der Waals surface area contributed by atoms with Crippen molar-refractivity contribution in [1.29, 1.82) is 0 Å². The fourth-order valence-electron chi connectivity index (χ4n) is 0.864. The first-order valence-electron chi connectivity index (χ1n) is 4.32. The van der Waals surface area contributed by atoms with Gasteiger partial charge in [0.1, 0.15) is 10.2 Å². The van der Waals surface area contributed by atoms with E-state index in [9.17, 15) is 4.79 Å². The topological polar surface area (TPSA) is 67.0 Å². The highest BCUT2D eigenvalue weighted by molar-refractivity contribution is 14.1. The first-order valence-corrected chi connectivity index (χ1v) is 5.40. The molecule has 0 fully saturated rings. The molecule has 78 valence electrons. The summed E-state index contributed by atoms with van der Waals surface area (Å²) in [4.78, 5) is 17.5. The Hall–Kier alpha value is -0.630. The summed E-state index contributed by atoms with van der Waals surface area (Å²) >= 11 is 1.91. The Kier molecular flexibility index (Phi) is 4.88. The number of hydrogen-bond donors (Lipinski definition) is 2. The van der Waals surface area contributed by atoms with E-state index >= 15 is 0 Å². The molecule has 1 heterocycles. The molecule has 0 saturated heterocycles. The summed E-state index contributed by atoms with van der Waals surface area (Å²) in [6.45, 7) is 4.19. The maximum Gasteiger partial charge on any atom is 0.268 e. The molecule has 0 aliphatic rings. The van der Waals surface area contributed by atoms with Gasteiger partial charge >= 0.3 is 0 Å². The number of nitrogens with one attached hydrogen (secondary N) is 2. The zero-order valence-electron chi connectivity index (χ0n) is 7.84. The van der Waals surface area contributed by atoms with E-state index < -0.39 is 0 Å². The van der Waals surface area contributed by atoms with Crippen molar-refractivity contribution in [2.45, 2.75) is 6.92 Å². The van der Waals surface area contributed by atoms with Crippen LogP contribution >= 0.6 is 22.6 Å². The molecule has 1 aromatic heterocycles. The SMILES string of the molecule is CCNCCOc1nc[nH]c(=O)c1I. The number of likely N-dealkylation sites (N-methyl/N-ethyl adjacent to an activating group) is 1. The van der Waals surface area contributed by atoms with Gasteiger partial charge in [-0.3, -0.25) is 4.79 Å². The van der Waals surface area contributed by atoms with Gasteiger partial charge in [0.25, 0.3) is 5.56 Å². The van der Waals surface area contributed by atoms with Gasteiger partial charge in [-0.25, -0.2) is 4.98 Å². The molecule has 1 aromatic rings. The summed E-state index contributed by atoms with van der Waals surface area (Å²) in [6.07, 6.45) is 1.34. The Labute approximate surface area is 95.4 Å². The molecule has 0 radical (unpaired) electrons. The van der Waals surface area contributed by atoms with E-state index in [-0.39, 0.29) is 5.56 Å². The molecule has 0 spiro atoms. The third-order valence-corrected chi connectivity index (χ3v) is 2.48. The molecule has 5 nitrogen and oxygen atoms in total. The second kappa shape index (κ2) is 5.97. The normalized spacial score (nSPS) is 10.1. The lowest BCUT2D eigenvalue weighted by molar-refractivity contribution is 0.300. The Morgan fingerprint density at radius 3 is 3.21 bits per heavy atom. The van der Waals surface area contributed by atoms with Crippen LogP contribution in [0.3, 0.4) is 0 Å². The smallest absolute Gasteiger partial charge is 0.268 e. The molecule has 0 unspecified atom stereocenters. The number of aromatic nitrogens is 2. The van der Waals surface area contributed by atoms with Crippen LogP contribution in [0.25, 0.3) is 0 Å². The molecule has 0 saturated carbocycles. The molecule has 0 bridgehead atoms. The summed E-state index contributed by atoms with van der Waals surface area (Å²) in [7, 11) is 0. The van der Waals surface area contributed by atoms with Crippen LogP contribution < -0.4 is 15.6 Å². The number of ether oxygens (including phenoxy) is 1. The van der Waals surface area contributed by atoms with Crippen molar-refractivity contribution in [1.82, 2.24) is 15.3 Å². The molecule has 0 atom stereocenters. The summed E-state index contributed by atoms with van der Waals surface area (Å²) < 4.78 is 5.81. The second-order valence-corrected chi connectivity index (χ2v) is 3.63. The van der Waals surface area contributed by atoms with Crippen LogP contribution in [-0.4, -0.2) is 29.7 Å². The molecule has 0 aliphatic carbocycles. The minimum atomic E-state index is -0.168. The fourth-order valence-corrected chi connectivity index (χ4v) is 1.31. The standard InChI is InChI=1S/C8H12IN3O2/c1-2-10-3-4-14-8-6(9)7(13)11-5-12-8/h5,10H,2-4H2,1H3,(H,11,12,13). The van der Waals surface area contributed by atoms with Crippen molar-refractivity contribution in [3.8, 4) is 5.88 Å². The van der Waals surface area contributed by atoms with Crippen molar-refractivity contribution in [2.24, 2.45) is 0 Å². The molecule has 0 amide bonds. The van der Waals surface area contributed by atoms with E-state index in [1.165, 1.54) is 6.33 Å². The Morgan fingerprint density at radius 2 is 2.50 bits per heavy atom. The molecular formula is C8H12IN3O2. The minimum absolute atomic E-state index is 0.168. The number of halogens is 1. The molecule has 0 aliphatic heterocycles. The predicted octanol–water partition coefficient (Wildman–Crippen LogP) is 0.363. The first kappa shape index (κ1) is 11.4. The highest BCUT2D eigenvalue weighted by Gasteiger charge is 2.05. The third-order valence-electron chi connectivity index (χ3n) is 1.53. The quantitative estimate of drug-likeness (QED) is 0.609. The number of rotatable bonds is 5. The average Bonchev–Trinajstić information content (AvgIpc) is 2.19.